The summed E-state index contributed by atoms with van der Waals surface area (Å²) in [5, 5.41) is 4.83. The number of fused-ring (bicyclic) bond motifs is 6. The van der Waals surface area contributed by atoms with Gasteiger partial charge in [-0.25, -0.2) is 15.0 Å². The van der Waals surface area contributed by atoms with Gasteiger partial charge in [-0.05, 0) is 88.0 Å². The number of hydrogen-bond acceptors (Lipinski definition) is 3. The Morgan fingerprint density at radius 3 is 1.08 bits per heavy atom. The van der Waals surface area contributed by atoms with Crippen LogP contribution in [0.25, 0.3) is 134 Å². The zero-order valence-electron chi connectivity index (χ0n) is 40.2. The van der Waals surface area contributed by atoms with Gasteiger partial charge in [-0.1, -0.05) is 218 Å². The predicted molar refractivity (Wildman–Crippen MR) is 307 cm³/mol. The minimum absolute atomic E-state index is 0.586. The van der Waals surface area contributed by atoms with Crippen LogP contribution in [0, 0.1) is 0 Å². The SMILES string of the molecule is c1ccc(-c2cccc(-c3ccc(-c4nc(-c5ccccc5)nc(-c5cccc(-c6cc(-c7ccccc7)ccc6-n6c7ccccc7c7ccccc76)c5)n4)cc3-n3c4ccccc4c4ccccc43)c2)cc1. The first kappa shape index (κ1) is 42.9. The molecular formula is C69H45N5. The van der Waals surface area contributed by atoms with Crippen molar-refractivity contribution in [3.63, 3.8) is 0 Å². The van der Waals surface area contributed by atoms with Gasteiger partial charge in [0.05, 0.1) is 33.4 Å². The Bertz CT molecular complexity index is 4310. The van der Waals surface area contributed by atoms with E-state index in [-0.39, 0.29) is 0 Å². The molecule has 0 saturated heterocycles. The monoisotopic (exact) mass is 943 g/mol. The fraction of sp³-hybridized carbons (Fsp3) is 0. The third kappa shape index (κ3) is 7.46. The molecule has 5 nitrogen and oxygen atoms in total. The van der Waals surface area contributed by atoms with Gasteiger partial charge in [0.1, 0.15) is 0 Å². The van der Waals surface area contributed by atoms with Crippen LogP contribution in [-0.2, 0) is 0 Å². The van der Waals surface area contributed by atoms with Crippen molar-refractivity contribution in [2.45, 2.75) is 0 Å². The first-order valence-electron chi connectivity index (χ1n) is 25.1. The molecule has 0 fully saturated rings. The highest BCUT2D eigenvalue weighted by Gasteiger charge is 2.21. The summed E-state index contributed by atoms with van der Waals surface area (Å²) in [7, 11) is 0. The van der Waals surface area contributed by atoms with E-state index in [2.05, 4.69) is 264 Å². The van der Waals surface area contributed by atoms with Gasteiger partial charge < -0.3 is 9.13 Å². The molecule has 0 saturated carbocycles. The molecule has 3 heterocycles. The van der Waals surface area contributed by atoms with Gasteiger partial charge in [0, 0.05) is 49.4 Å². The number of aromatic nitrogens is 5. The second-order valence-electron chi connectivity index (χ2n) is 18.8. The molecule has 0 radical (unpaired) electrons. The summed E-state index contributed by atoms with van der Waals surface area (Å²) in [5.41, 5.74) is 18.4. The Kier molecular flexibility index (Phi) is 10.4. The van der Waals surface area contributed by atoms with Crippen molar-refractivity contribution in [3.8, 4) is 90.0 Å². The van der Waals surface area contributed by atoms with Crippen molar-refractivity contribution in [1.82, 2.24) is 24.1 Å². The molecule has 0 unspecified atom stereocenters. The lowest BCUT2D eigenvalue weighted by atomic mass is 9.95. The minimum Gasteiger partial charge on any atom is -0.309 e. The third-order valence-electron chi connectivity index (χ3n) is 14.4. The summed E-state index contributed by atoms with van der Waals surface area (Å²) in [6, 6.07) is 97.2. The van der Waals surface area contributed by atoms with Gasteiger partial charge in [-0.3, -0.25) is 0 Å². The van der Waals surface area contributed by atoms with E-state index in [0.717, 1.165) is 89.1 Å². The molecule has 14 rings (SSSR count). The number of benzene rings is 11. The number of hydrogen-bond donors (Lipinski definition) is 0. The molecule has 0 bridgehead atoms. The molecule has 11 aromatic carbocycles. The van der Waals surface area contributed by atoms with Gasteiger partial charge in [-0.2, -0.15) is 0 Å². The van der Waals surface area contributed by atoms with Gasteiger partial charge in [0.2, 0.25) is 0 Å². The molecular weight excluding hydrogens is 899 g/mol. The van der Waals surface area contributed by atoms with Crippen LogP contribution in [0.15, 0.2) is 273 Å². The van der Waals surface area contributed by atoms with Gasteiger partial charge >= 0.3 is 0 Å². The van der Waals surface area contributed by atoms with Crippen molar-refractivity contribution < 1.29 is 0 Å². The average Bonchev–Trinajstić information content (AvgIpc) is 4.01. The maximum Gasteiger partial charge on any atom is 0.164 e. The summed E-state index contributed by atoms with van der Waals surface area (Å²) in [4.78, 5) is 16.0. The topological polar surface area (TPSA) is 48.5 Å². The van der Waals surface area contributed by atoms with E-state index in [9.17, 15) is 0 Å². The maximum absolute atomic E-state index is 5.42. The first-order valence-corrected chi connectivity index (χ1v) is 25.1. The van der Waals surface area contributed by atoms with Gasteiger partial charge in [-0.15, -0.1) is 0 Å². The Morgan fingerprint density at radius 1 is 0.203 bits per heavy atom. The largest absolute Gasteiger partial charge is 0.309 e. The minimum atomic E-state index is 0.586. The highest BCUT2D eigenvalue weighted by Crippen LogP contribution is 2.42. The van der Waals surface area contributed by atoms with Crippen molar-refractivity contribution in [3.05, 3.63) is 273 Å². The summed E-state index contributed by atoms with van der Waals surface area (Å²) in [5.74, 6) is 1.78. The fourth-order valence-corrected chi connectivity index (χ4v) is 10.9. The van der Waals surface area contributed by atoms with Crippen LogP contribution in [0.3, 0.4) is 0 Å². The molecule has 3 aromatic heterocycles. The van der Waals surface area contributed by atoms with Gasteiger partial charge in [0.25, 0.3) is 0 Å². The third-order valence-corrected chi connectivity index (χ3v) is 14.4. The standard InChI is InChI=1S/C69H45N5/c1-4-20-46(21-5-1)49-26-18-27-51(42-49)55-40-38-54(45-66(55)74-63-36-16-12-32-58(63)59-33-13-17-37-64(59)74)69-71-67(48-24-8-3-9-25-48)70-68(72-69)53-29-19-28-52(43-53)60-44-50(47-22-6-2-7-23-47)39-41-65(60)73-61-34-14-10-30-56(61)57-31-11-15-35-62(57)73/h1-45H. The zero-order chi connectivity index (χ0) is 49.0. The normalized spacial score (nSPS) is 11.5. The first-order chi connectivity index (χ1) is 36.7. The quantitative estimate of drug-likeness (QED) is 0.145. The van der Waals surface area contributed by atoms with Crippen LogP contribution in [0.2, 0.25) is 0 Å². The van der Waals surface area contributed by atoms with E-state index in [1.165, 1.54) is 27.1 Å². The van der Waals surface area contributed by atoms with Crippen molar-refractivity contribution >= 4 is 43.6 Å². The summed E-state index contributed by atoms with van der Waals surface area (Å²) in [6.07, 6.45) is 0. The lowest BCUT2D eigenvalue weighted by molar-refractivity contribution is 1.07. The highest BCUT2D eigenvalue weighted by molar-refractivity contribution is 6.11. The summed E-state index contributed by atoms with van der Waals surface area (Å²) in [6.45, 7) is 0. The van der Waals surface area contributed by atoms with Crippen molar-refractivity contribution in [2.24, 2.45) is 0 Å². The van der Waals surface area contributed by atoms with Crippen LogP contribution in [0.5, 0.6) is 0 Å². The Morgan fingerprint density at radius 2 is 0.554 bits per heavy atom. The fourth-order valence-electron chi connectivity index (χ4n) is 10.9. The Balaban J connectivity index is 0.972. The van der Waals surface area contributed by atoms with E-state index in [1.807, 2.05) is 18.2 Å². The lowest BCUT2D eigenvalue weighted by Gasteiger charge is -2.17. The van der Waals surface area contributed by atoms with Crippen LogP contribution in [0.1, 0.15) is 0 Å². The van der Waals surface area contributed by atoms with Crippen LogP contribution in [-0.4, -0.2) is 24.1 Å². The van der Waals surface area contributed by atoms with E-state index in [1.54, 1.807) is 0 Å². The lowest BCUT2D eigenvalue weighted by Crippen LogP contribution is -2.02. The smallest absolute Gasteiger partial charge is 0.164 e. The molecule has 346 valence electrons. The van der Waals surface area contributed by atoms with Crippen molar-refractivity contribution in [2.75, 3.05) is 0 Å². The number of nitrogens with zero attached hydrogens (tertiary/aromatic N) is 5. The zero-order valence-corrected chi connectivity index (χ0v) is 40.2. The van der Waals surface area contributed by atoms with Crippen LogP contribution in [0.4, 0.5) is 0 Å². The second-order valence-corrected chi connectivity index (χ2v) is 18.8. The molecule has 0 spiro atoms. The molecule has 74 heavy (non-hydrogen) atoms. The molecule has 14 aromatic rings. The van der Waals surface area contributed by atoms with Crippen LogP contribution >= 0.6 is 0 Å². The van der Waals surface area contributed by atoms with E-state index < -0.39 is 0 Å². The summed E-state index contributed by atoms with van der Waals surface area (Å²) < 4.78 is 4.81. The van der Waals surface area contributed by atoms with Crippen LogP contribution < -0.4 is 0 Å². The molecule has 0 amide bonds. The molecule has 0 aliphatic heterocycles. The molecule has 0 atom stereocenters. The number of rotatable bonds is 9. The van der Waals surface area contributed by atoms with E-state index >= 15 is 0 Å². The van der Waals surface area contributed by atoms with Gasteiger partial charge in [0.15, 0.2) is 17.5 Å². The second kappa shape index (κ2) is 18.0. The highest BCUT2D eigenvalue weighted by atomic mass is 15.0. The Labute approximate surface area is 428 Å². The molecule has 0 N–H and O–H groups in total. The Hall–Kier alpha value is -9.97. The summed E-state index contributed by atoms with van der Waals surface area (Å²) >= 11 is 0. The predicted octanol–water partition coefficient (Wildman–Crippen LogP) is 17.7. The molecule has 0 aliphatic carbocycles. The maximum atomic E-state index is 5.42. The van der Waals surface area contributed by atoms with Crippen molar-refractivity contribution in [1.29, 1.82) is 0 Å². The van der Waals surface area contributed by atoms with E-state index in [0.29, 0.717) is 17.5 Å². The number of para-hydroxylation sites is 4. The van der Waals surface area contributed by atoms with E-state index in [4.69, 9.17) is 15.0 Å². The average molecular weight is 944 g/mol. The molecule has 5 heteroatoms. The molecule has 0 aliphatic rings.